The third-order valence-electron chi connectivity index (χ3n) is 3.97. The predicted octanol–water partition coefficient (Wildman–Crippen LogP) is 3.94. The van der Waals surface area contributed by atoms with Gasteiger partial charge in [0.05, 0.1) is 6.61 Å². The monoisotopic (exact) mass is 269 g/mol. The van der Waals surface area contributed by atoms with Crippen molar-refractivity contribution in [1.29, 1.82) is 0 Å². The lowest BCUT2D eigenvalue weighted by atomic mass is 9.86. The van der Waals surface area contributed by atoms with Gasteiger partial charge in [-0.1, -0.05) is 59.3 Å². The van der Waals surface area contributed by atoms with Crippen LogP contribution in [0, 0.1) is 5.41 Å². The van der Waals surface area contributed by atoms with E-state index in [1.165, 1.54) is 38.5 Å². The Morgan fingerprint density at radius 2 is 1.84 bits per heavy atom. The molecule has 0 aromatic heterocycles. The summed E-state index contributed by atoms with van der Waals surface area (Å²) in [5, 5.41) is 9.32. The van der Waals surface area contributed by atoms with Crippen molar-refractivity contribution in [2.24, 2.45) is 10.4 Å². The number of aliphatic imine (C=N–C) groups is 1. The molecule has 0 fully saturated rings. The zero-order chi connectivity index (χ0) is 14.4. The molecule has 19 heavy (non-hydrogen) atoms. The van der Waals surface area contributed by atoms with E-state index in [9.17, 15) is 5.11 Å². The number of ether oxygens (including phenoxy) is 1. The minimum atomic E-state index is -0.423. The molecular formula is C16H31NO2. The van der Waals surface area contributed by atoms with Crippen molar-refractivity contribution < 1.29 is 9.84 Å². The molecule has 0 radical (unpaired) electrons. The van der Waals surface area contributed by atoms with Crippen molar-refractivity contribution in [2.45, 2.75) is 78.2 Å². The van der Waals surface area contributed by atoms with Crippen LogP contribution in [0.4, 0.5) is 0 Å². The maximum absolute atomic E-state index is 9.32. The average Bonchev–Trinajstić information content (AvgIpc) is 2.78. The number of nitrogens with zero attached hydrogens (tertiary/aromatic N) is 1. The first-order valence-electron chi connectivity index (χ1n) is 7.77. The summed E-state index contributed by atoms with van der Waals surface area (Å²) in [6.07, 6.45) is 8.99. The summed E-state index contributed by atoms with van der Waals surface area (Å²) in [5.41, 5.74) is -0.425. The van der Waals surface area contributed by atoms with Crippen LogP contribution in [-0.4, -0.2) is 29.8 Å². The van der Waals surface area contributed by atoms with Crippen LogP contribution in [0.25, 0.3) is 0 Å². The van der Waals surface area contributed by atoms with Gasteiger partial charge < -0.3 is 9.84 Å². The topological polar surface area (TPSA) is 41.8 Å². The van der Waals surface area contributed by atoms with Crippen molar-refractivity contribution in [3.63, 3.8) is 0 Å². The zero-order valence-corrected chi connectivity index (χ0v) is 13.2. The van der Waals surface area contributed by atoms with Gasteiger partial charge in [-0.2, -0.15) is 0 Å². The highest BCUT2D eigenvalue weighted by molar-refractivity contribution is 5.83. The summed E-state index contributed by atoms with van der Waals surface area (Å²) in [6.45, 7) is 9.15. The molecule has 1 N–H and O–H groups in total. The van der Waals surface area contributed by atoms with Gasteiger partial charge in [0.25, 0.3) is 0 Å². The molecule has 0 spiro atoms. The Bertz CT molecular complexity index is 299. The standard InChI is InChI=1S/C16H31NO2/c1-5-6-7-8-9-10-11-15(2,3)14-17-16(4,12-18)13-19-14/h18H,5-13H2,1-4H3. The van der Waals surface area contributed by atoms with Gasteiger partial charge in [0.2, 0.25) is 0 Å². The van der Waals surface area contributed by atoms with Crippen molar-refractivity contribution in [3.05, 3.63) is 0 Å². The summed E-state index contributed by atoms with van der Waals surface area (Å²) in [7, 11) is 0. The summed E-state index contributed by atoms with van der Waals surface area (Å²) in [6, 6.07) is 0. The molecule has 3 heteroatoms. The number of unbranched alkanes of at least 4 members (excludes halogenated alkanes) is 5. The van der Waals surface area contributed by atoms with E-state index in [0.717, 1.165) is 12.3 Å². The highest BCUT2D eigenvalue weighted by atomic mass is 16.5. The third-order valence-corrected chi connectivity index (χ3v) is 3.97. The lowest BCUT2D eigenvalue weighted by molar-refractivity contribution is 0.164. The van der Waals surface area contributed by atoms with Crippen molar-refractivity contribution in [1.82, 2.24) is 0 Å². The fraction of sp³-hybridized carbons (Fsp3) is 0.938. The Labute approximate surface area is 118 Å². The molecule has 0 amide bonds. The molecule has 0 saturated heterocycles. The SMILES string of the molecule is CCCCCCCCC(C)(C)C1=NC(C)(CO)CO1. The van der Waals surface area contributed by atoms with Crippen LogP contribution >= 0.6 is 0 Å². The molecule has 0 saturated carbocycles. The molecule has 1 heterocycles. The van der Waals surface area contributed by atoms with E-state index in [0.29, 0.717) is 6.61 Å². The van der Waals surface area contributed by atoms with Crippen LogP contribution in [0.5, 0.6) is 0 Å². The Balaban J connectivity index is 2.34. The van der Waals surface area contributed by atoms with Gasteiger partial charge in [0, 0.05) is 5.41 Å². The number of hydrogen-bond acceptors (Lipinski definition) is 3. The van der Waals surface area contributed by atoms with E-state index in [1.807, 2.05) is 6.92 Å². The number of hydrogen-bond donors (Lipinski definition) is 1. The van der Waals surface area contributed by atoms with Gasteiger partial charge in [-0.15, -0.1) is 0 Å². The van der Waals surface area contributed by atoms with Crippen molar-refractivity contribution >= 4 is 5.90 Å². The molecule has 1 atom stereocenters. The van der Waals surface area contributed by atoms with Crippen molar-refractivity contribution in [2.75, 3.05) is 13.2 Å². The van der Waals surface area contributed by atoms with Crippen LogP contribution < -0.4 is 0 Å². The smallest absolute Gasteiger partial charge is 0.189 e. The molecule has 0 aromatic rings. The summed E-state index contributed by atoms with van der Waals surface area (Å²) in [5.74, 6) is 0.831. The molecule has 1 aliphatic rings. The second-order valence-electron chi connectivity index (χ2n) is 6.76. The number of aliphatic hydroxyl groups excluding tert-OH is 1. The first-order chi connectivity index (χ1) is 8.93. The Morgan fingerprint density at radius 1 is 1.21 bits per heavy atom. The quantitative estimate of drug-likeness (QED) is 0.644. The van der Waals surface area contributed by atoms with E-state index in [-0.39, 0.29) is 12.0 Å². The Morgan fingerprint density at radius 3 is 2.42 bits per heavy atom. The Kier molecular flexibility index (Phi) is 6.31. The highest BCUT2D eigenvalue weighted by Crippen LogP contribution is 2.32. The summed E-state index contributed by atoms with van der Waals surface area (Å²) in [4.78, 5) is 4.58. The molecule has 0 aliphatic carbocycles. The molecule has 112 valence electrons. The van der Waals surface area contributed by atoms with Gasteiger partial charge in [0.15, 0.2) is 5.90 Å². The van der Waals surface area contributed by atoms with Crippen LogP contribution in [0.15, 0.2) is 4.99 Å². The minimum absolute atomic E-state index is 0.00230. The number of aliphatic hydroxyl groups is 1. The molecular weight excluding hydrogens is 238 g/mol. The summed E-state index contributed by atoms with van der Waals surface area (Å²) >= 11 is 0. The van der Waals surface area contributed by atoms with Crippen molar-refractivity contribution in [3.8, 4) is 0 Å². The third kappa shape index (κ3) is 5.13. The molecule has 1 aliphatic heterocycles. The lowest BCUT2D eigenvalue weighted by Gasteiger charge is -2.23. The first-order valence-corrected chi connectivity index (χ1v) is 7.77. The van der Waals surface area contributed by atoms with Gasteiger partial charge in [-0.05, 0) is 13.3 Å². The van der Waals surface area contributed by atoms with Crippen LogP contribution in [-0.2, 0) is 4.74 Å². The van der Waals surface area contributed by atoms with E-state index >= 15 is 0 Å². The largest absolute Gasteiger partial charge is 0.478 e. The fourth-order valence-electron chi connectivity index (χ4n) is 2.42. The number of rotatable bonds is 9. The normalized spacial score (nSPS) is 23.3. The average molecular weight is 269 g/mol. The van der Waals surface area contributed by atoms with Gasteiger partial charge in [-0.3, -0.25) is 0 Å². The van der Waals surface area contributed by atoms with Crippen LogP contribution in [0.3, 0.4) is 0 Å². The molecule has 3 nitrogen and oxygen atoms in total. The van der Waals surface area contributed by atoms with E-state index in [4.69, 9.17) is 4.74 Å². The minimum Gasteiger partial charge on any atom is -0.478 e. The molecule has 1 rings (SSSR count). The molecule has 0 aromatic carbocycles. The zero-order valence-electron chi connectivity index (χ0n) is 13.2. The van der Waals surface area contributed by atoms with Crippen LogP contribution in [0.1, 0.15) is 72.6 Å². The van der Waals surface area contributed by atoms with Gasteiger partial charge in [-0.25, -0.2) is 4.99 Å². The van der Waals surface area contributed by atoms with Gasteiger partial charge in [0.1, 0.15) is 12.1 Å². The predicted molar refractivity (Wildman–Crippen MR) is 80.7 cm³/mol. The van der Waals surface area contributed by atoms with E-state index < -0.39 is 5.54 Å². The summed E-state index contributed by atoms with van der Waals surface area (Å²) < 4.78 is 5.71. The van der Waals surface area contributed by atoms with Crippen LogP contribution in [0.2, 0.25) is 0 Å². The molecule has 0 bridgehead atoms. The second-order valence-corrected chi connectivity index (χ2v) is 6.76. The van der Waals surface area contributed by atoms with E-state index in [1.54, 1.807) is 0 Å². The lowest BCUT2D eigenvalue weighted by Crippen LogP contribution is -2.28. The fourth-order valence-corrected chi connectivity index (χ4v) is 2.42. The van der Waals surface area contributed by atoms with Gasteiger partial charge >= 0.3 is 0 Å². The highest BCUT2D eigenvalue weighted by Gasteiger charge is 2.37. The second kappa shape index (κ2) is 7.28. The molecule has 1 unspecified atom stereocenters. The maximum Gasteiger partial charge on any atom is 0.189 e. The van der Waals surface area contributed by atoms with E-state index in [2.05, 4.69) is 25.8 Å². The Hall–Kier alpha value is -0.570. The first kappa shape index (κ1) is 16.5. The maximum atomic E-state index is 9.32.